The molecule has 0 bridgehead atoms. The van der Waals surface area contributed by atoms with E-state index in [1.54, 1.807) is 12.1 Å². The second kappa shape index (κ2) is 9.90. The predicted molar refractivity (Wildman–Crippen MR) is 109 cm³/mol. The van der Waals surface area contributed by atoms with E-state index in [2.05, 4.69) is 5.32 Å². The van der Waals surface area contributed by atoms with Crippen molar-refractivity contribution in [3.8, 4) is 0 Å². The fraction of sp³-hybridized carbons (Fsp3) is 0.409. The van der Waals surface area contributed by atoms with Crippen molar-refractivity contribution in [2.24, 2.45) is 5.92 Å². The molecule has 0 saturated carbocycles. The van der Waals surface area contributed by atoms with E-state index >= 15 is 0 Å². The van der Waals surface area contributed by atoms with Crippen molar-refractivity contribution in [3.05, 3.63) is 66.0 Å². The van der Waals surface area contributed by atoms with Gasteiger partial charge in [-0.15, -0.1) is 11.8 Å². The Hall–Kier alpha value is -1.85. The number of carbonyl (C=O) groups is 1. The fourth-order valence-electron chi connectivity index (χ4n) is 3.51. The van der Waals surface area contributed by atoms with Gasteiger partial charge in [-0.3, -0.25) is 4.79 Å². The Bertz CT molecular complexity index is 732. The van der Waals surface area contributed by atoms with Crippen molar-refractivity contribution in [1.82, 2.24) is 10.2 Å². The maximum Gasteiger partial charge on any atom is 0.240 e. The third kappa shape index (κ3) is 5.33. The normalized spacial score (nSPS) is 16.3. The molecule has 0 aliphatic carbocycles. The zero-order chi connectivity index (χ0) is 19.1. The first-order valence-electron chi connectivity index (χ1n) is 9.58. The third-order valence-corrected chi connectivity index (χ3v) is 6.43. The molecule has 1 fully saturated rings. The van der Waals surface area contributed by atoms with Crippen molar-refractivity contribution in [2.75, 3.05) is 26.7 Å². The summed E-state index contributed by atoms with van der Waals surface area (Å²) in [4.78, 5) is 15.8. The maximum absolute atomic E-state index is 14.2. The van der Waals surface area contributed by atoms with Gasteiger partial charge in [-0.25, -0.2) is 4.39 Å². The molecule has 5 heteroatoms. The average Bonchev–Trinajstić information content (AvgIpc) is 2.72. The minimum Gasteiger partial charge on any atom is -0.341 e. The number of rotatable bonds is 7. The zero-order valence-corrected chi connectivity index (χ0v) is 16.6. The molecule has 0 radical (unpaired) electrons. The van der Waals surface area contributed by atoms with Gasteiger partial charge in [0.1, 0.15) is 11.1 Å². The molecule has 1 N–H and O–H groups in total. The first kappa shape index (κ1) is 19.9. The van der Waals surface area contributed by atoms with E-state index < -0.39 is 5.25 Å². The number of nitrogens with zero attached hydrogens (tertiary/aromatic N) is 1. The van der Waals surface area contributed by atoms with Gasteiger partial charge < -0.3 is 10.2 Å². The van der Waals surface area contributed by atoms with Crippen LogP contribution in [0.5, 0.6) is 0 Å². The Labute approximate surface area is 165 Å². The van der Waals surface area contributed by atoms with Gasteiger partial charge in [-0.05, 0) is 56.5 Å². The summed E-state index contributed by atoms with van der Waals surface area (Å²) < 4.78 is 14.2. The average molecular weight is 387 g/mol. The number of likely N-dealkylation sites (tertiary alicyclic amines) is 1. The van der Waals surface area contributed by atoms with Gasteiger partial charge in [0.25, 0.3) is 0 Å². The molecule has 3 nitrogen and oxygen atoms in total. The SMILES string of the molecule is CNCCC1CCN(C(=O)C(Sc2ccccc2F)c2ccccc2)CC1. The molecule has 2 aromatic carbocycles. The summed E-state index contributed by atoms with van der Waals surface area (Å²) in [7, 11) is 1.98. The van der Waals surface area contributed by atoms with E-state index in [0.717, 1.165) is 44.5 Å². The third-order valence-electron chi connectivity index (χ3n) is 5.14. The van der Waals surface area contributed by atoms with Crippen LogP contribution in [-0.4, -0.2) is 37.5 Å². The van der Waals surface area contributed by atoms with Crippen LogP contribution in [0.25, 0.3) is 0 Å². The summed E-state index contributed by atoms with van der Waals surface area (Å²) in [6, 6.07) is 16.4. The second-order valence-corrected chi connectivity index (χ2v) is 8.15. The maximum atomic E-state index is 14.2. The number of piperidine rings is 1. The fourth-order valence-corrected chi connectivity index (χ4v) is 4.65. The lowest BCUT2D eigenvalue weighted by atomic mass is 9.93. The summed E-state index contributed by atoms with van der Waals surface area (Å²) in [6.07, 6.45) is 3.24. The molecule has 1 aliphatic heterocycles. The molecule has 0 aromatic heterocycles. The van der Waals surface area contributed by atoms with Crippen LogP contribution in [0.2, 0.25) is 0 Å². The first-order valence-corrected chi connectivity index (χ1v) is 10.5. The lowest BCUT2D eigenvalue weighted by Gasteiger charge is -2.34. The van der Waals surface area contributed by atoms with Gasteiger partial charge in [-0.1, -0.05) is 42.5 Å². The molecule has 144 valence electrons. The van der Waals surface area contributed by atoms with Crippen molar-refractivity contribution in [2.45, 2.75) is 29.4 Å². The van der Waals surface area contributed by atoms with Crippen LogP contribution in [0.3, 0.4) is 0 Å². The van der Waals surface area contributed by atoms with Crippen LogP contribution in [0.4, 0.5) is 4.39 Å². The highest BCUT2D eigenvalue weighted by Gasteiger charge is 2.30. The van der Waals surface area contributed by atoms with Crippen LogP contribution in [0.15, 0.2) is 59.5 Å². The van der Waals surface area contributed by atoms with E-state index in [-0.39, 0.29) is 11.7 Å². The number of thioether (sulfide) groups is 1. The van der Waals surface area contributed by atoms with Gasteiger partial charge in [0, 0.05) is 18.0 Å². The van der Waals surface area contributed by atoms with Crippen LogP contribution in [0.1, 0.15) is 30.1 Å². The van der Waals surface area contributed by atoms with E-state index in [4.69, 9.17) is 0 Å². The molecule has 1 aliphatic rings. The number of halogens is 1. The lowest BCUT2D eigenvalue weighted by Crippen LogP contribution is -2.41. The molecule has 2 aromatic rings. The Morgan fingerprint density at radius 1 is 1.15 bits per heavy atom. The number of benzene rings is 2. The monoisotopic (exact) mass is 386 g/mol. The Kier molecular flexibility index (Phi) is 7.30. The summed E-state index contributed by atoms with van der Waals surface area (Å²) in [5, 5.41) is 2.78. The van der Waals surface area contributed by atoms with Crippen LogP contribution >= 0.6 is 11.8 Å². The zero-order valence-electron chi connectivity index (χ0n) is 15.7. The van der Waals surface area contributed by atoms with E-state index in [1.165, 1.54) is 17.8 Å². The van der Waals surface area contributed by atoms with Gasteiger partial charge >= 0.3 is 0 Å². The van der Waals surface area contributed by atoms with Crippen LogP contribution < -0.4 is 5.32 Å². The molecule has 1 unspecified atom stereocenters. The van der Waals surface area contributed by atoms with E-state index in [1.807, 2.05) is 48.3 Å². The Morgan fingerprint density at radius 2 is 1.81 bits per heavy atom. The van der Waals surface area contributed by atoms with E-state index in [0.29, 0.717) is 10.8 Å². The van der Waals surface area contributed by atoms with Gasteiger partial charge in [-0.2, -0.15) is 0 Å². The van der Waals surface area contributed by atoms with Crippen molar-refractivity contribution in [3.63, 3.8) is 0 Å². The predicted octanol–water partition coefficient (Wildman–Crippen LogP) is 4.51. The van der Waals surface area contributed by atoms with Crippen LogP contribution in [-0.2, 0) is 4.79 Å². The summed E-state index contributed by atoms with van der Waals surface area (Å²) >= 11 is 1.31. The van der Waals surface area contributed by atoms with Crippen molar-refractivity contribution >= 4 is 17.7 Å². The molecule has 0 spiro atoms. The van der Waals surface area contributed by atoms with Crippen molar-refractivity contribution < 1.29 is 9.18 Å². The molecule has 3 rings (SSSR count). The number of carbonyl (C=O) groups excluding carboxylic acids is 1. The van der Waals surface area contributed by atoms with Gasteiger partial charge in [0.05, 0.1) is 0 Å². The summed E-state index contributed by atoms with van der Waals surface area (Å²) in [5.74, 6) is 0.486. The van der Waals surface area contributed by atoms with Gasteiger partial charge in [0.2, 0.25) is 5.91 Å². The molecule has 1 amide bonds. The number of hydrogen-bond donors (Lipinski definition) is 1. The first-order chi connectivity index (χ1) is 13.2. The smallest absolute Gasteiger partial charge is 0.240 e. The number of nitrogens with one attached hydrogen (secondary N) is 1. The Balaban J connectivity index is 1.73. The lowest BCUT2D eigenvalue weighted by molar-refractivity contribution is -0.132. The Morgan fingerprint density at radius 3 is 2.48 bits per heavy atom. The minimum atomic E-state index is -0.419. The summed E-state index contributed by atoms with van der Waals surface area (Å²) in [6.45, 7) is 2.59. The second-order valence-electron chi connectivity index (χ2n) is 7.00. The molecule has 27 heavy (non-hydrogen) atoms. The van der Waals surface area contributed by atoms with Crippen molar-refractivity contribution in [1.29, 1.82) is 0 Å². The molecule has 1 atom stereocenters. The van der Waals surface area contributed by atoms with Crippen LogP contribution in [0, 0.1) is 11.7 Å². The highest BCUT2D eigenvalue weighted by Crippen LogP contribution is 2.38. The largest absolute Gasteiger partial charge is 0.341 e. The molecule has 1 saturated heterocycles. The molecular weight excluding hydrogens is 359 g/mol. The van der Waals surface area contributed by atoms with Gasteiger partial charge in [0.15, 0.2) is 0 Å². The number of hydrogen-bond acceptors (Lipinski definition) is 3. The highest BCUT2D eigenvalue weighted by molar-refractivity contribution is 8.00. The topological polar surface area (TPSA) is 32.3 Å². The number of amides is 1. The molecular formula is C22H27FN2OS. The quantitative estimate of drug-likeness (QED) is 0.711. The minimum absolute atomic E-state index is 0.0847. The highest BCUT2D eigenvalue weighted by atomic mass is 32.2. The summed E-state index contributed by atoms with van der Waals surface area (Å²) in [5.41, 5.74) is 0.924. The molecule has 1 heterocycles. The van der Waals surface area contributed by atoms with E-state index in [9.17, 15) is 9.18 Å². The standard InChI is InChI=1S/C22H27FN2OS/c1-24-14-11-17-12-15-25(16-13-17)22(26)21(18-7-3-2-4-8-18)27-20-10-6-5-9-19(20)23/h2-10,17,21,24H,11-16H2,1H3.